The van der Waals surface area contributed by atoms with Gasteiger partial charge in [0.2, 0.25) is 0 Å². The first-order chi connectivity index (χ1) is 8.74. The molecule has 0 radical (unpaired) electrons. The Balaban J connectivity index is 2.29. The summed E-state index contributed by atoms with van der Waals surface area (Å²) in [6.07, 6.45) is 6.34. The highest BCUT2D eigenvalue weighted by atomic mass is 16.3. The smallest absolute Gasteiger partial charge is 0.129 e. The van der Waals surface area contributed by atoms with Crippen LogP contribution in [0.4, 0.5) is 5.82 Å². The SMILES string of the molecule is CCC1CCCCCN1c1cc(CO)cc(C)n1. The lowest BCUT2D eigenvalue weighted by Crippen LogP contribution is -2.35. The number of rotatable bonds is 3. The van der Waals surface area contributed by atoms with Crippen molar-refractivity contribution in [2.45, 2.75) is 58.6 Å². The highest BCUT2D eigenvalue weighted by Gasteiger charge is 2.21. The molecule has 0 spiro atoms. The van der Waals surface area contributed by atoms with Crippen LogP contribution in [-0.4, -0.2) is 22.7 Å². The minimum atomic E-state index is 0.0982. The molecule has 0 aliphatic carbocycles. The van der Waals surface area contributed by atoms with Gasteiger partial charge in [0.25, 0.3) is 0 Å². The summed E-state index contributed by atoms with van der Waals surface area (Å²) in [7, 11) is 0. The topological polar surface area (TPSA) is 36.4 Å². The lowest BCUT2D eigenvalue weighted by molar-refractivity contribution is 0.281. The number of aryl methyl sites for hydroxylation is 1. The van der Waals surface area contributed by atoms with Crippen molar-refractivity contribution >= 4 is 5.82 Å². The quantitative estimate of drug-likeness (QED) is 0.893. The summed E-state index contributed by atoms with van der Waals surface area (Å²) in [4.78, 5) is 7.10. The Kier molecular flexibility index (Phi) is 4.59. The maximum Gasteiger partial charge on any atom is 0.129 e. The Labute approximate surface area is 110 Å². The van der Waals surface area contributed by atoms with Gasteiger partial charge in [-0.15, -0.1) is 0 Å². The molecule has 1 aliphatic heterocycles. The number of hydrogen-bond donors (Lipinski definition) is 1. The minimum Gasteiger partial charge on any atom is -0.392 e. The van der Waals surface area contributed by atoms with Crippen LogP contribution in [0.3, 0.4) is 0 Å². The zero-order valence-corrected chi connectivity index (χ0v) is 11.5. The van der Waals surface area contributed by atoms with Crippen LogP contribution in [-0.2, 0) is 6.61 Å². The third kappa shape index (κ3) is 3.02. The third-order valence-corrected chi connectivity index (χ3v) is 3.82. The van der Waals surface area contributed by atoms with Crippen molar-refractivity contribution in [3.05, 3.63) is 23.4 Å². The molecule has 1 aliphatic rings. The van der Waals surface area contributed by atoms with E-state index in [1.807, 2.05) is 19.1 Å². The van der Waals surface area contributed by atoms with Crippen LogP contribution in [0.25, 0.3) is 0 Å². The summed E-state index contributed by atoms with van der Waals surface area (Å²) in [6, 6.07) is 4.61. The van der Waals surface area contributed by atoms with E-state index in [0.29, 0.717) is 6.04 Å². The molecule has 18 heavy (non-hydrogen) atoms. The second-order valence-electron chi connectivity index (χ2n) is 5.24. The number of aliphatic hydroxyl groups excluding tert-OH is 1. The van der Waals surface area contributed by atoms with E-state index in [4.69, 9.17) is 0 Å². The molecule has 0 bridgehead atoms. The highest BCUT2D eigenvalue weighted by Crippen LogP contribution is 2.25. The van der Waals surface area contributed by atoms with Crippen molar-refractivity contribution in [2.24, 2.45) is 0 Å². The van der Waals surface area contributed by atoms with Crippen LogP contribution in [0, 0.1) is 6.92 Å². The molecular formula is C15H24N2O. The lowest BCUT2D eigenvalue weighted by atomic mass is 10.1. The van der Waals surface area contributed by atoms with Gasteiger partial charge in [0.1, 0.15) is 5.82 Å². The van der Waals surface area contributed by atoms with E-state index in [9.17, 15) is 5.11 Å². The molecule has 1 aromatic rings. The standard InChI is InChI=1S/C15H24N2O/c1-3-14-7-5-4-6-8-17(14)15-10-13(11-18)9-12(2)16-15/h9-10,14,18H,3-8,11H2,1-2H3. The summed E-state index contributed by atoms with van der Waals surface area (Å²) in [5, 5.41) is 9.32. The minimum absolute atomic E-state index is 0.0982. The lowest BCUT2D eigenvalue weighted by Gasteiger charge is -2.31. The van der Waals surface area contributed by atoms with E-state index < -0.39 is 0 Å². The first-order valence-electron chi connectivity index (χ1n) is 7.09. The van der Waals surface area contributed by atoms with Gasteiger partial charge in [-0.25, -0.2) is 4.98 Å². The summed E-state index contributed by atoms with van der Waals surface area (Å²) >= 11 is 0. The molecule has 3 heteroatoms. The fraction of sp³-hybridized carbons (Fsp3) is 0.667. The number of hydrogen-bond acceptors (Lipinski definition) is 3. The first kappa shape index (κ1) is 13.3. The first-order valence-corrected chi connectivity index (χ1v) is 7.09. The molecule has 2 rings (SSSR count). The maximum absolute atomic E-state index is 9.32. The molecular weight excluding hydrogens is 224 g/mol. The van der Waals surface area contributed by atoms with E-state index in [0.717, 1.165) is 23.6 Å². The van der Waals surface area contributed by atoms with E-state index in [1.165, 1.54) is 32.1 Å². The van der Waals surface area contributed by atoms with Crippen molar-refractivity contribution in [2.75, 3.05) is 11.4 Å². The number of nitrogens with zero attached hydrogens (tertiary/aromatic N) is 2. The Morgan fingerprint density at radius 2 is 2.17 bits per heavy atom. The molecule has 1 atom stereocenters. The molecule has 0 saturated carbocycles. The fourth-order valence-corrected chi connectivity index (χ4v) is 2.86. The molecule has 1 unspecified atom stereocenters. The van der Waals surface area contributed by atoms with Crippen LogP contribution >= 0.6 is 0 Å². The Bertz CT molecular complexity index is 392. The van der Waals surface area contributed by atoms with E-state index in [1.54, 1.807) is 0 Å². The van der Waals surface area contributed by atoms with Crippen molar-refractivity contribution in [3.8, 4) is 0 Å². The molecule has 1 aromatic heterocycles. The monoisotopic (exact) mass is 248 g/mol. The molecule has 100 valence electrons. The summed E-state index contributed by atoms with van der Waals surface area (Å²) in [6.45, 7) is 5.45. The van der Waals surface area contributed by atoms with Crippen LogP contribution < -0.4 is 4.90 Å². The Hall–Kier alpha value is -1.09. The van der Waals surface area contributed by atoms with Gasteiger partial charge in [-0.2, -0.15) is 0 Å². The fourth-order valence-electron chi connectivity index (χ4n) is 2.86. The molecule has 2 heterocycles. The van der Waals surface area contributed by atoms with Gasteiger partial charge in [-0.3, -0.25) is 0 Å². The molecule has 1 fully saturated rings. The second-order valence-corrected chi connectivity index (χ2v) is 5.24. The van der Waals surface area contributed by atoms with Crippen molar-refractivity contribution < 1.29 is 5.11 Å². The summed E-state index contributed by atoms with van der Waals surface area (Å²) < 4.78 is 0. The predicted octanol–water partition coefficient (Wildman–Crippen LogP) is 3.04. The largest absolute Gasteiger partial charge is 0.392 e. The van der Waals surface area contributed by atoms with Gasteiger partial charge >= 0.3 is 0 Å². The number of aromatic nitrogens is 1. The van der Waals surface area contributed by atoms with Gasteiger partial charge in [-0.05, 0) is 43.9 Å². The molecule has 1 saturated heterocycles. The highest BCUT2D eigenvalue weighted by molar-refractivity contribution is 5.43. The molecule has 3 nitrogen and oxygen atoms in total. The Morgan fingerprint density at radius 1 is 1.33 bits per heavy atom. The molecule has 0 aromatic carbocycles. The average Bonchev–Trinajstić information content (AvgIpc) is 2.62. The zero-order chi connectivity index (χ0) is 13.0. The average molecular weight is 248 g/mol. The zero-order valence-electron chi connectivity index (χ0n) is 11.5. The third-order valence-electron chi connectivity index (χ3n) is 3.82. The van der Waals surface area contributed by atoms with Crippen molar-refractivity contribution in [1.29, 1.82) is 0 Å². The van der Waals surface area contributed by atoms with Crippen LogP contribution in [0.2, 0.25) is 0 Å². The number of pyridine rings is 1. The van der Waals surface area contributed by atoms with Gasteiger partial charge in [0, 0.05) is 18.3 Å². The van der Waals surface area contributed by atoms with Crippen LogP contribution in [0.15, 0.2) is 12.1 Å². The van der Waals surface area contributed by atoms with Gasteiger partial charge in [0.05, 0.1) is 6.61 Å². The van der Waals surface area contributed by atoms with E-state index >= 15 is 0 Å². The number of anilines is 1. The molecule has 1 N–H and O–H groups in total. The number of aliphatic hydroxyl groups is 1. The van der Waals surface area contributed by atoms with E-state index in [-0.39, 0.29) is 6.61 Å². The summed E-state index contributed by atoms with van der Waals surface area (Å²) in [5.74, 6) is 1.05. The normalized spacial score (nSPS) is 20.8. The van der Waals surface area contributed by atoms with Crippen LogP contribution in [0.1, 0.15) is 50.3 Å². The maximum atomic E-state index is 9.32. The van der Waals surface area contributed by atoms with Gasteiger partial charge < -0.3 is 10.0 Å². The van der Waals surface area contributed by atoms with Crippen molar-refractivity contribution in [1.82, 2.24) is 4.98 Å². The second kappa shape index (κ2) is 6.19. The van der Waals surface area contributed by atoms with Gasteiger partial charge in [-0.1, -0.05) is 19.8 Å². The predicted molar refractivity (Wildman–Crippen MR) is 74.8 cm³/mol. The Morgan fingerprint density at radius 3 is 2.89 bits per heavy atom. The molecule has 0 amide bonds. The van der Waals surface area contributed by atoms with Crippen LogP contribution in [0.5, 0.6) is 0 Å². The van der Waals surface area contributed by atoms with E-state index in [2.05, 4.69) is 16.8 Å². The van der Waals surface area contributed by atoms with Gasteiger partial charge in [0.15, 0.2) is 0 Å². The van der Waals surface area contributed by atoms with Crippen molar-refractivity contribution in [3.63, 3.8) is 0 Å². The summed E-state index contributed by atoms with van der Waals surface area (Å²) in [5.41, 5.74) is 1.97.